The predicted octanol–water partition coefficient (Wildman–Crippen LogP) is 2.20. The minimum absolute atomic E-state index is 0.606. The standard InChI is InChI=1S/C13H26N2S/c1-11(12-5-4-8-15(2)9-12)14-10-13(16-3)6-7-13/h11-12,14H,4-10H2,1-3H3. The number of hydrogen-bond acceptors (Lipinski definition) is 3. The number of thioether (sulfide) groups is 1. The van der Waals surface area contributed by atoms with Gasteiger partial charge >= 0.3 is 0 Å². The molecule has 2 aliphatic rings. The molecule has 1 saturated heterocycles. The van der Waals surface area contributed by atoms with Crippen LogP contribution in [0.4, 0.5) is 0 Å². The molecule has 0 bridgehead atoms. The number of likely N-dealkylation sites (tertiary alicyclic amines) is 1. The summed E-state index contributed by atoms with van der Waals surface area (Å²) in [6.07, 6.45) is 7.87. The van der Waals surface area contributed by atoms with Crippen molar-refractivity contribution >= 4 is 11.8 Å². The summed E-state index contributed by atoms with van der Waals surface area (Å²) >= 11 is 2.05. The van der Waals surface area contributed by atoms with Crippen molar-refractivity contribution < 1.29 is 0 Å². The molecule has 1 N–H and O–H groups in total. The fraction of sp³-hybridized carbons (Fsp3) is 1.00. The predicted molar refractivity (Wildman–Crippen MR) is 73.2 cm³/mol. The number of piperidine rings is 1. The van der Waals surface area contributed by atoms with Crippen LogP contribution in [0.25, 0.3) is 0 Å². The first-order valence-corrected chi connectivity index (χ1v) is 7.85. The van der Waals surface area contributed by atoms with Gasteiger partial charge in [0.1, 0.15) is 0 Å². The first kappa shape index (κ1) is 12.7. The maximum absolute atomic E-state index is 3.78. The van der Waals surface area contributed by atoms with Crippen molar-refractivity contribution in [3.63, 3.8) is 0 Å². The highest BCUT2D eigenvalue weighted by Crippen LogP contribution is 2.46. The van der Waals surface area contributed by atoms with E-state index in [0.717, 1.165) is 5.92 Å². The molecule has 0 aromatic carbocycles. The maximum atomic E-state index is 3.78. The van der Waals surface area contributed by atoms with Crippen LogP contribution in [0, 0.1) is 5.92 Å². The molecule has 94 valence electrons. The van der Waals surface area contributed by atoms with Crippen molar-refractivity contribution in [2.45, 2.75) is 43.4 Å². The monoisotopic (exact) mass is 242 g/mol. The highest BCUT2D eigenvalue weighted by Gasteiger charge is 2.41. The summed E-state index contributed by atoms with van der Waals surface area (Å²) in [6.45, 7) is 6.16. The Kier molecular flexibility index (Phi) is 4.20. The van der Waals surface area contributed by atoms with Crippen LogP contribution >= 0.6 is 11.8 Å². The molecule has 2 rings (SSSR count). The number of nitrogens with one attached hydrogen (secondary N) is 1. The third-order valence-corrected chi connectivity index (χ3v) is 5.77. The minimum atomic E-state index is 0.606. The Labute approximate surface area is 105 Å². The fourth-order valence-electron chi connectivity index (χ4n) is 2.72. The van der Waals surface area contributed by atoms with Crippen LogP contribution < -0.4 is 5.32 Å². The van der Waals surface area contributed by atoms with E-state index in [1.54, 1.807) is 0 Å². The van der Waals surface area contributed by atoms with Gasteiger partial charge in [0.05, 0.1) is 0 Å². The molecular weight excluding hydrogens is 216 g/mol. The van der Waals surface area contributed by atoms with E-state index < -0.39 is 0 Å². The summed E-state index contributed by atoms with van der Waals surface area (Å²) in [5.41, 5.74) is 0. The molecule has 0 spiro atoms. The van der Waals surface area contributed by atoms with Gasteiger partial charge in [0, 0.05) is 23.9 Å². The highest BCUT2D eigenvalue weighted by atomic mass is 32.2. The molecular formula is C13H26N2S. The maximum Gasteiger partial charge on any atom is 0.0282 e. The van der Waals surface area contributed by atoms with Crippen molar-refractivity contribution in [3.8, 4) is 0 Å². The number of hydrogen-bond donors (Lipinski definition) is 1. The first-order valence-electron chi connectivity index (χ1n) is 6.62. The molecule has 0 aromatic rings. The largest absolute Gasteiger partial charge is 0.313 e. The first-order chi connectivity index (χ1) is 7.65. The Hall–Kier alpha value is 0.270. The Morgan fingerprint density at radius 3 is 2.81 bits per heavy atom. The second kappa shape index (κ2) is 5.28. The lowest BCUT2D eigenvalue weighted by molar-refractivity contribution is 0.179. The second-order valence-corrected chi connectivity index (χ2v) is 7.00. The lowest BCUT2D eigenvalue weighted by atomic mass is 9.92. The third kappa shape index (κ3) is 3.14. The van der Waals surface area contributed by atoms with Crippen LogP contribution in [-0.4, -0.2) is 48.6 Å². The van der Waals surface area contributed by atoms with Crippen LogP contribution in [0.3, 0.4) is 0 Å². The molecule has 0 radical (unpaired) electrons. The summed E-state index contributed by atoms with van der Waals surface area (Å²) in [6, 6.07) is 0.687. The van der Waals surface area contributed by atoms with Crippen molar-refractivity contribution in [1.29, 1.82) is 0 Å². The topological polar surface area (TPSA) is 15.3 Å². The molecule has 1 saturated carbocycles. The van der Waals surface area contributed by atoms with Gasteiger partial charge in [0.2, 0.25) is 0 Å². The molecule has 2 nitrogen and oxygen atoms in total. The highest BCUT2D eigenvalue weighted by molar-refractivity contribution is 8.00. The van der Waals surface area contributed by atoms with Crippen LogP contribution in [0.5, 0.6) is 0 Å². The quantitative estimate of drug-likeness (QED) is 0.796. The van der Waals surface area contributed by atoms with Crippen LogP contribution in [0.15, 0.2) is 0 Å². The normalized spacial score (nSPS) is 31.3. The van der Waals surface area contributed by atoms with Gasteiger partial charge in [-0.05, 0) is 58.4 Å². The summed E-state index contributed by atoms with van der Waals surface area (Å²) in [5, 5.41) is 3.78. The van der Waals surface area contributed by atoms with E-state index in [-0.39, 0.29) is 0 Å². The SMILES string of the molecule is CSC1(CNC(C)C2CCCN(C)C2)CC1. The molecule has 1 heterocycles. The zero-order valence-electron chi connectivity index (χ0n) is 11.0. The van der Waals surface area contributed by atoms with Gasteiger partial charge in [-0.25, -0.2) is 0 Å². The van der Waals surface area contributed by atoms with Crippen molar-refractivity contribution in [3.05, 3.63) is 0 Å². The lowest BCUT2D eigenvalue weighted by Crippen LogP contribution is -2.45. The van der Waals surface area contributed by atoms with Gasteiger partial charge in [0.25, 0.3) is 0 Å². The van der Waals surface area contributed by atoms with E-state index in [1.165, 1.54) is 45.3 Å². The summed E-state index contributed by atoms with van der Waals surface area (Å²) < 4.78 is 0.606. The number of nitrogens with zero attached hydrogens (tertiary/aromatic N) is 1. The van der Waals surface area contributed by atoms with E-state index in [1.807, 2.05) is 0 Å². The van der Waals surface area contributed by atoms with Crippen LogP contribution in [0.2, 0.25) is 0 Å². The molecule has 1 aliphatic carbocycles. The van der Waals surface area contributed by atoms with E-state index in [9.17, 15) is 0 Å². The van der Waals surface area contributed by atoms with Gasteiger partial charge < -0.3 is 10.2 Å². The van der Waals surface area contributed by atoms with Gasteiger partial charge in [-0.1, -0.05) is 0 Å². The Morgan fingerprint density at radius 1 is 1.50 bits per heavy atom. The molecule has 2 fully saturated rings. The lowest BCUT2D eigenvalue weighted by Gasteiger charge is -2.34. The van der Waals surface area contributed by atoms with Crippen molar-refractivity contribution in [2.24, 2.45) is 5.92 Å². The fourth-order valence-corrected chi connectivity index (χ4v) is 3.46. The zero-order chi connectivity index (χ0) is 11.6. The Balaban J connectivity index is 1.72. The average molecular weight is 242 g/mol. The summed E-state index contributed by atoms with van der Waals surface area (Å²) in [7, 11) is 2.25. The zero-order valence-corrected chi connectivity index (χ0v) is 11.8. The second-order valence-electron chi connectivity index (χ2n) is 5.72. The molecule has 16 heavy (non-hydrogen) atoms. The third-order valence-electron chi connectivity index (χ3n) is 4.35. The minimum Gasteiger partial charge on any atom is -0.313 e. The van der Waals surface area contributed by atoms with Crippen LogP contribution in [0.1, 0.15) is 32.6 Å². The van der Waals surface area contributed by atoms with Crippen molar-refractivity contribution in [2.75, 3.05) is 32.9 Å². The summed E-state index contributed by atoms with van der Waals surface area (Å²) in [4.78, 5) is 2.48. The van der Waals surface area contributed by atoms with E-state index in [2.05, 4.69) is 42.2 Å². The van der Waals surface area contributed by atoms with Gasteiger partial charge in [-0.2, -0.15) is 11.8 Å². The molecule has 3 heteroatoms. The average Bonchev–Trinajstić information content (AvgIpc) is 3.07. The van der Waals surface area contributed by atoms with Crippen molar-refractivity contribution in [1.82, 2.24) is 10.2 Å². The smallest absolute Gasteiger partial charge is 0.0282 e. The molecule has 1 aliphatic heterocycles. The molecule has 2 unspecified atom stereocenters. The Bertz CT molecular complexity index is 228. The van der Waals surface area contributed by atoms with E-state index in [4.69, 9.17) is 0 Å². The molecule has 2 atom stereocenters. The van der Waals surface area contributed by atoms with E-state index >= 15 is 0 Å². The Morgan fingerprint density at radius 2 is 2.25 bits per heavy atom. The molecule has 0 amide bonds. The van der Waals surface area contributed by atoms with Crippen LogP contribution in [-0.2, 0) is 0 Å². The van der Waals surface area contributed by atoms with Gasteiger partial charge in [-0.15, -0.1) is 0 Å². The number of rotatable bonds is 5. The molecule has 0 aromatic heterocycles. The summed E-state index contributed by atoms with van der Waals surface area (Å²) in [5.74, 6) is 0.858. The van der Waals surface area contributed by atoms with E-state index in [0.29, 0.717) is 10.8 Å². The van der Waals surface area contributed by atoms with Gasteiger partial charge in [0.15, 0.2) is 0 Å². The van der Waals surface area contributed by atoms with Gasteiger partial charge in [-0.3, -0.25) is 0 Å².